The maximum atomic E-state index is 11.1. The normalized spacial score (nSPS) is 10.8. The van der Waals surface area contributed by atoms with E-state index in [9.17, 15) is 4.79 Å². The van der Waals surface area contributed by atoms with Crippen molar-refractivity contribution >= 4 is 12.0 Å². The van der Waals surface area contributed by atoms with E-state index in [4.69, 9.17) is 0 Å². The summed E-state index contributed by atoms with van der Waals surface area (Å²) in [7, 11) is 1.38. The summed E-state index contributed by atoms with van der Waals surface area (Å²) in [6.45, 7) is 2.85. The number of methoxy groups -OCH3 is 1. The molecule has 0 spiro atoms. The standard InChI is InChI=1S/C16H17NO2/c1-13-8-9-15(10-11-16(18)19-2)17(13)12-14-6-4-3-5-7-14/h3-11H,12H2,1-2H3/b11-10+. The second-order valence-corrected chi connectivity index (χ2v) is 4.33. The average molecular weight is 255 g/mol. The number of carbonyl (C=O) groups excluding carboxylic acids is 1. The molecule has 1 aromatic heterocycles. The Balaban J connectivity index is 2.23. The van der Waals surface area contributed by atoms with E-state index in [0.29, 0.717) is 0 Å². The Bertz CT molecular complexity index is 582. The third-order valence-electron chi connectivity index (χ3n) is 3.01. The first-order valence-corrected chi connectivity index (χ1v) is 6.17. The molecule has 0 atom stereocenters. The highest BCUT2D eigenvalue weighted by Gasteiger charge is 2.04. The number of esters is 1. The molecule has 0 aliphatic carbocycles. The zero-order chi connectivity index (χ0) is 13.7. The summed E-state index contributed by atoms with van der Waals surface area (Å²) in [5.41, 5.74) is 3.38. The molecule has 0 bridgehead atoms. The van der Waals surface area contributed by atoms with Crippen LogP contribution in [-0.4, -0.2) is 17.6 Å². The molecule has 2 aromatic rings. The van der Waals surface area contributed by atoms with Gasteiger partial charge < -0.3 is 9.30 Å². The summed E-state index contributed by atoms with van der Waals surface area (Å²) in [5.74, 6) is -0.342. The monoisotopic (exact) mass is 255 g/mol. The summed E-state index contributed by atoms with van der Waals surface area (Å²) in [4.78, 5) is 11.1. The van der Waals surface area contributed by atoms with Gasteiger partial charge in [0.05, 0.1) is 7.11 Å². The Morgan fingerprint density at radius 3 is 2.63 bits per heavy atom. The number of ether oxygens (including phenoxy) is 1. The predicted molar refractivity (Wildman–Crippen MR) is 75.8 cm³/mol. The van der Waals surface area contributed by atoms with Crippen molar-refractivity contribution in [1.82, 2.24) is 4.57 Å². The number of nitrogens with zero attached hydrogens (tertiary/aromatic N) is 1. The van der Waals surface area contributed by atoms with Gasteiger partial charge in [-0.3, -0.25) is 0 Å². The number of aromatic nitrogens is 1. The molecule has 0 aliphatic heterocycles. The van der Waals surface area contributed by atoms with E-state index in [1.165, 1.54) is 18.7 Å². The lowest BCUT2D eigenvalue weighted by atomic mass is 10.2. The maximum Gasteiger partial charge on any atom is 0.330 e. The van der Waals surface area contributed by atoms with E-state index in [-0.39, 0.29) is 5.97 Å². The van der Waals surface area contributed by atoms with Crippen molar-refractivity contribution < 1.29 is 9.53 Å². The van der Waals surface area contributed by atoms with Crippen LogP contribution in [-0.2, 0) is 16.1 Å². The fourth-order valence-corrected chi connectivity index (χ4v) is 1.94. The number of benzene rings is 1. The quantitative estimate of drug-likeness (QED) is 0.621. The van der Waals surface area contributed by atoms with Crippen LogP contribution in [0.25, 0.3) is 6.08 Å². The van der Waals surface area contributed by atoms with Crippen LogP contribution in [0, 0.1) is 6.92 Å². The third kappa shape index (κ3) is 3.35. The fraction of sp³-hybridized carbons (Fsp3) is 0.188. The van der Waals surface area contributed by atoms with Gasteiger partial charge in [-0.05, 0) is 30.7 Å². The van der Waals surface area contributed by atoms with Crippen LogP contribution in [0.5, 0.6) is 0 Å². The van der Waals surface area contributed by atoms with Gasteiger partial charge in [0.1, 0.15) is 0 Å². The van der Waals surface area contributed by atoms with Crippen LogP contribution in [0.15, 0.2) is 48.5 Å². The molecule has 3 heteroatoms. The van der Waals surface area contributed by atoms with Gasteiger partial charge in [-0.25, -0.2) is 4.79 Å². The number of hydrogen-bond donors (Lipinski definition) is 0. The van der Waals surface area contributed by atoms with Crippen molar-refractivity contribution in [3.8, 4) is 0 Å². The van der Waals surface area contributed by atoms with Gasteiger partial charge in [0, 0.05) is 24.0 Å². The van der Waals surface area contributed by atoms with Crippen molar-refractivity contribution in [3.05, 3.63) is 65.5 Å². The smallest absolute Gasteiger partial charge is 0.330 e. The molecule has 0 fully saturated rings. The molecule has 2 rings (SSSR count). The van der Waals surface area contributed by atoms with E-state index in [1.54, 1.807) is 6.08 Å². The number of aryl methyl sites for hydroxylation is 1. The van der Waals surface area contributed by atoms with Crippen LogP contribution >= 0.6 is 0 Å². The van der Waals surface area contributed by atoms with Crippen molar-refractivity contribution in [3.63, 3.8) is 0 Å². The number of hydrogen-bond acceptors (Lipinski definition) is 2. The minimum Gasteiger partial charge on any atom is -0.466 e. The molecule has 0 aliphatic rings. The Morgan fingerprint density at radius 2 is 1.95 bits per heavy atom. The second-order valence-electron chi connectivity index (χ2n) is 4.33. The highest BCUT2D eigenvalue weighted by molar-refractivity contribution is 5.86. The summed E-state index contributed by atoms with van der Waals surface area (Å²) < 4.78 is 6.76. The Hall–Kier alpha value is -2.29. The largest absolute Gasteiger partial charge is 0.466 e. The van der Waals surface area contributed by atoms with E-state index < -0.39 is 0 Å². The van der Waals surface area contributed by atoms with Gasteiger partial charge >= 0.3 is 5.97 Å². The summed E-state index contributed by atoms with van der Waals surface area (Å²) >= 11 is 0. The predicted octanol–water partition coefficient (Wildman–Crippen LogP) is 3.03. The van der Waals surface area contributed by atoms with Crippen LogP contribution in [0.1, 0.15) is 17.0 Å². The molecule has 0 radical (unpaired) electrons. The van der Waals surface area contributed by atoms with E-state index in [0.717, 1.165) is 17.9 Å². The molecule has 1 heterocycles. The molecular weight excluding hydrogens is 238 g/mol. The minimum atomic E-state index is -0.342. The summed E-state index contributed by atoms with van der Waals surface area (Å²) in [5, 5.41) is 0. The lowest BCUT2D eigenvalue weighted by Crippen LogP contribution is -2.04. The number of rotatable bonds is 4. The lowest BCUT2D eigenvalue weighted by Gasteiger charge is -2.09. The second kappa shape index (κ2) is 6.05. The first kappa shape index (κ1) is 13.1. The molecule has 3 nitrogen and oxygen atoms in total. The van der Waals surface area contributed by atoms with Gasteiger partial charge in [-0.15, -0.1) is 0 Å². The molecule has 19 heavy (non-hydrogen) atoms. The first-order chi connectivity index (χ1) is 9.20. The Kier molecular flexibility index (Phi) is 4.18. The highest BCUT2D eigenvalue weighted by Crippen LogP contribution is 2.13. The van der Waals surface area contributed by atoms with Crippen molar-refractivity contribution in [1.29, 1.82) is 0 Å². The van der Waals surface area contributed by atoms with Crippen LogP contribution in [0.3, 0.4) is 0 Å². The highest BCUT2D eigenvalue weighted by atomic mass is 16.5. The van der Waals surface area contributed by atoms with Crippen LogP contribution in [0.4, 0.5) is 0 Å². The molecule has 98 valence electrons. The molecule has 0 N–H and O–H groups in total. The van der Waals surface area contributed by atoms with Gasteiger partial charge in [-0.1, -0.05) is 30.3 Å². The van der Waals surface area contributed by atoms with Crippen molar-refractivity contribution in [2.45, 2.75) is 13.5 Å². The Morgan fingerprint density at radius 1 is 1.21 bits per heavy atom. The molecule has 0 saturated heterocycles. The zero-order valence-electron chi connectivity index (χ0n) is 11.2. The first-order valence-electron chi connectivity index (χ1n) is 6.17. The molecule has 1 aromatic carbocycles. The fourth-order valence-electron chi connectivity index (χ4n) is 1.94. The van der Waals surface area contributed by atoms with Crippen molar-refractivity contribution in [2.75, 3.05) is 7.11 Å². The van der Waals surface area contributed by atoms with E-state index in [1.807, 2.05) is 30.3 Å². The average Bonchev–Trinajstić information content (AvgIpc) is 2.78. The molecule has 0 saturated carbocycles. The topological polar surface area (TPSA) is 31.2 Å². The van der Waals surface area contributed by atoms with Gasteiger partial charge in [0.15, 0.2) is 0 Å². The maximum absolute atomic E-state index is 11.1. The zero-order valence-corrected chi connectivity index (χ0v) is 11.2. The van der Waals surface area contributed by atoms with Crippen LogP contribution in [0.2, 0.25) is 0 Å². The van der Waals surface area contributed by atoms with Crippen LogP contribution < -0.4 is 0 Å². The summed E-state index contributed by atoms with van der Waals surface area (Å²) in [6.07, 6.45) is 3.22. The third-order valence-corrected chi connectivity index (χ3v) is 3.01. The molecule has 0 unspecified atom stereocenters. The van der Waals surface area contributed by atoms with Gasteiger partial charge in [0.2, 0.25) is 0 Å². The van der Waals surface area contributed by atoms with Crippen molar-refractivity contribution in [2.24, 2.45) is 0 Å². The SMILES string of the molecule is COC(=O)/C=C/c1ccc(C)n1Cc1ccccc1. The van der Waals surface area contributed by atoms with Gasteiger partial charge in [0.25, 0.3) is 0 Å². The van der Waals surface area contributed by atoms with E-state index >= 15 is 0 Å². The Labute approximate surface area is 113 Å². The number of carbonyl (C=O) groups is 1. The summed E-state index contributed by atoms with van der Waals surface area (Å²) in [6, 6.07) is 14.3. The minimum absolute atomic E-state index is 0.342. The van der Waals surface area contributed by atoms with E-state index in [2.05, 4.69) is 28.4 Å². The lowest BCUT2D eigenvalue weighted by molar-refractivity contribution is -0.134. The molecular formula is C16H17NO2. The van der Waals surface area contributed by atoms with Gasteiger partial charge in [-0.2, -0.15) is 0 Å². The molecule has 0 amide bonds.